The third-order valence-corrected chi connectivity index (χ3v) is 3.69. The van der Waals surface area contributed by atoms with Crippen molar-refractivity contribution in [1.29, 1.82) is 0 Å². The van der Waals surface area contributed by atoms with Gasteiger partial charge in [-0.3, -0.25) is 4.79 Å². The normalized spacial score (nSPS) is 12.8. The number of rotatable bonds is 4. The Morgan fingerprint density at radius 2 is 1.88 bits per heavy atom. The van der Waals surface area contributed by atoms with Crippen LogP contribution < -0.4 is 10.1 Å². The largest absolute Gasteiger partial charge is 0.488 e. The van der Waals surface area contributed by atoms with E-state index in [4.69, 9.17) is 9.47 Å². The Balaban J connectivity index is 1.71. The third kappa shape index (κ3) is 3.95. The van der Waals surface area contributed by atoms with E-state index in [9.17, 15) is 9.59 Å². The summed E-state index contributed by atoms with van der Waals surface area (Å²) in [6, 6.07) is 14.4. The number of fused-ring (bicyclic) bond motifs is 1. The molecular formula is C20H17NO4. The monoisotopic (exact) mass is 335 g/mol. The molecule has 1 aliphatic heterocycles. The molecule has 2 aromatic rings. The second-order valence-corrected chi connectivity index (χ2v) is 5.41. The Hall–Kier alpha value is -3.34. The fourth-order valence-electron chi connectivity index (χ4n) is 2.47. The van der Waals surface area contributed by atoms with Crippen molar-refractivity contribution < 1.29 is 19.1 Å². The molecule has 0 fully saturated rings. The Morgan fingerprint density at radius 1 is 1.12 bits per heavy atom. The quantitative estimate of drug-likeness (QED) is 0.687. The van der Waals surface area contributed by atoms with Crippen LogP contribution in [0.2, 0.25) is 0 Å². The van der Waals surface area contributed by atoms with Gasteiger partial charge in [-0.15, -0.1) is 0 Å². The first-order valence-corrected chi connectivity index (χ1v) is 7.76. The minimum Gasteiger partial charge on any atom is -0.488 e. The van der Waals surface area contributed by atoms with Gasteiger partial charge in [0.05, 0.1) is 18.4 Å². The van der Waals surface area contributed by atoms with Crippen LogP contribution in [-0.2, 0) is 9.53 Å². The lowest BCUT2D eigenvalue weighted by Gasteiger charge is -2.15. The Morgan fingerprint density at radius 3 is 2.72 bits per heavy atom. The molecule has 1 amide bonds. The molecule has 0 saturated carbocycles. The number of ether oxygens (including phenoxy) is 2. The molecule has 3 rings (SSSR count). The maximum absolute atomic E-state index is 12.1. The zero-order valence-electron chi connectivity index (χ0n) is 13.7. The van der Waals surface area contributed by atoms with Crippen LogP contribution in [0.4, 0.5) is 5.69 Å². The van der Waals surface area contributed by atoms with Gasteiger partial charge in [0.15, 0.2) is 0 Å². The van der Waals surface area contributed by atoms with Gasteiger partial charge in [0, 0.05) is 11.6 Å². The van der Waals surface area contributed by atoms with Crippen molar-refractivity contribution in [2.24, 2.45) is 0 Å². The number of nitrogens with one attached hydrogen (secondary N) is 1. The first-order chi connectivity index (χ1) is 12.2. The van der Waals surface area contributed by atoms with E-state index in [0.29, 0.717) is 17.9 Å². The van der Waals surface area contributed by atoms with Crippen molar-refractivity contribution in [2.45, 2.75) is 0 Å². The van der Waals surface area contributed by atoms with Crippen molar-refractivity contribution >= 4 is 23.6 Å². The third-order valence-electron chi connectivity index (χ3n) is 3.69. The number of para-hydroxylation sites is 2. The van der Waals surface area contributed by atoms with Gasteiger partial charge < -0.3 is 14.8 Å². The van der Waals surface area contributed by atoms with Crippen LogP contribution in [-0.4, -0.2) is 25.6 Å². The minimum atomic E-state index is -0.500. The van der Waals surface area contributed by atoms with Crippen LogP contribution in [0.25, 0.3) is 6.08 Å². The van der Waals surface area contributed by atoms with Crippen molar-refractivity contribution in [3.05, 3.63) is 77.4 Å². The van der Waals surface area contributed by atoms with Gasteiger partial charge in [-0.05, 0) is 29.8 Å². The Kier molecular flexibility index (Phi) is 4.95. The van der Waals surface area contributed by atoms with Crippen molar-refractivity contribution in [2.75, 3.05) is 19.0 Å². The highest BCUT2D eigenvalue weighted by molar-refractivity contribution is 6.05. The lowest BCUT2D eigenvalue weighted by atomic mass is 10.1. The highest BCUT2D eigenvalue weighted by atomic mass is 16.5. The molecule has 0 radical (unpaired) electrons. The van der Waals surface area contributed by atoms with Gasteiger partial charge in [0.1, 0.15) is 12.4 Å². The summed E-state index contributed by atoms with van der Waals surface area (Å²) in [6.07, 6.45) is 5.09. The lowest BCUT2D eigenvalue weighted by Crippen LogP contribution is -2.13. The molecule has 0 spiro atoms. The number of methoxy groups -OCH3 is 1. The van der Waals surface area contributed by atoms with Crippen LogP contribution in [0.15, 0.2) is 66.3 Å². The maximum atomic E-state index is 12.1. The average molecular weight is 335 g/mol. The number of carbonyl (C=O) groups excluding carboxylic acids is 2. The molecule has 2 aromatic carbocycles. The molecule has 1 aliphatic rings. The van der Waals surface area contributed by atoms with Crippen LogP contribution in [0.1, 0.15) is 15.9 Å². The highest BCUT2D eigenvalue weighted by Gasteiger charge is 2.12. The van der Waals surface area contributed by atoms with E-state index in [0.717, 1.165) is 16.9 Å². The maximum Gasteiger partial charge on any atom is 0.339 e. The summed E-state index contributed by atoms with van der Waals surface area (Å²) >= 11 is 0. The predicted octanol–water partition coefficient (Wildman–Crippen LogP) is 3.44. The number of hydrogen-bond acceptors (Lipinski definition) is 4. The van der Waals surface area contributed by atoms with Crippen LogP contribution >= 0.6 is 0 Å². The van der Waals surface area contributed by atoms with E-state index in [1.165, 1.54) is 13.2 Å². The van der Waals surface area contributed by atoms with Crippen molar-refractivity contribution in [3.8, 4) is 5.75 Å². The number of carbonyl (C=O) groups is 2. The second-order valence-electron chi connectivity index (χ2n) is 5.41. The van der Waals surface area contributed by atoms with Gasteiger partial charge in [0.25, 0.3) is 0 Å². The molecule has 126 valence electrons. The van der Waals surface area contributed by atoms with E-state index < -0.39 is 5.97 Å². The number of esters is 1. The van der Waals surface area contributed by atoms with E-state index in [2.05, 4.69) is 5.32 Å². The Labute approximate surface area is 145 Å². The molecule has 1 N–H and O–H groups in total. The van der Waals surface area contributed by atoms with E-state index in [1.54, 1.807) is 30.3 Å². The van der Waals surface area contributed by atoms with Gasteiger partial charge in [-0.25, -0.2) is 4.79 Å². The zero-order valence-corrected chi connectivity index (χ0v) is 13.7. The molecule has 0 unspecified atom stereocenters. The van der Waals surface area contributed by atoms with E-state index in [1.807, 2.05) is 30.3 Å². The zero-order chi connectivity index (χ0) is 17.6. The molecule has 0 saturated heterocycles. The van der Waals surface area contributed by atoms with Crippen LogP contribution in [0, 0.1) is 0 Å². The molecule has 0 aromatic heterocycles. The number of hydrogen-bond donors (Lipinski definition) is 1. The summed E-state index contributed by atoms with van der Waals surface area (Å²) < 4.78 is 10.4. The summed E-state index contributed by atoms with van der Waals surface area (Å²) in [6.45, 7) is 0.402. The first-order valence-electron chi connectivity index (χ1n) is 7.76. The highest BCUT2D eigenvalue weighted by Crippen LogP contribution is 2.26. The smallest absolute Gasteiger partial charge is 0.339 e. The fraction of sp³-hybridized carbons (Fsp3) is 0.100. The molecule has 5 heteroatoms. The van der Waals surface area contributed by atoms with Crippen molar-refractivity contribution in [1.82, 2.24) is 0 Å². The number of benzene rings is 2. The summed E-state index contributed by atoms with van der Waals surface area (Å²) in [5, 5.41) is 2.69. The predicted molar refractivity (Wildman–Crippen MR) is 95.5 cm³/mol. The van der Waals surface area contributed by atoms with Crippen LogP contribution in [0.3, 0.4) is 0 Å². The molecule has 0 aliphatic carbocycles. The number of anilines is 1. The fourth-order valence-corrected chi connectivity index (χ4v) is 2.47. The Bertz CT molecular complexity index is 868. The standard InChI is InChI=1S/C20H17NO4/c1-24-20(23)16-7-3-4-8-17(16)21-19(22)11-10-14-12-15-6-2-5-9-18(15)25-13-14/h2-12H,13H2,1H3,(H,21,22)/b11-10+. The molecule has 0 atom stereocenters. The molecule has 25 heavy (non-hydrogen) atoms. The van der Waals surface area contributed by atoms with Crippen LogP contribution in [0.5, 0.6) is 5.75 Å². The van der Waals surface area contributed by atoms with Crippen molar-refractivity contribution in [3.63, 3.8) is 0 Å². The summed E-state index contributed by atoms with van der Waals surface area (Å²) in [7, 11) is 1.30. The molecule has 0 bridgehead atoms. The lowest BCUT2D eigenvalue weighted by molar-refractivity contribution is -0.111. The van der Waals surface area contributed by atoms with E-state index >= 15 is 0 Å². The molecular weight excluding hydrogens is 318 g/mol. The summed E-state index contributed by atoms with van der Waals surface area (Å²) in [4.78, 5) is 23.9. The molecule has 5 nitrogen and oxygen atoms in total. The minimum absolute atomic E-state index is 0.306. The van der Waals surface area contributed by atoms with Gasteiger partial charge in [-0.2, -0.15) is 0 Å². The summed E-state index contributed by atoms with van der Waals surface area (Å²) in [5.74, 6) is -0.00732. The van der Waals surface area contributed by atoms with E-state index in [-0.39, 0.29) is 5.91 Å². The van der Waals surface area contributed by atoms with Gasteiger partial charge >= 0.3 is 5.97 Å². The summed E-state index contributed by atoms with van der Waals surface area (Å²) in [5.41, 5.74) is 2.57. The van der Waals surface area contributed by atoms with Gasteiger partial charge in [-0.1, -0.05) is 36.4 Å². The average Bonchev–Trinajstić information content (AvgIpc) is 2.66. The molecule has 1 heterocycles. The topological polar surface area (TPSA) is 64.6 Å². The number of amides is 1. The van der Waals surface area contributed by atoms with Gasteiger partial charge in [0.2, 0.25) is 5.91 Å². The SMILES string of the molecule is COC(=O)c1ccccc1NC(=O)/C=C/C1=Cc2ccccc2OC1. The second kappa shape index (κ2) is 7.49. The first kappa shape index (κ1) is 16.5.